The lowest BCUT2D eigenvalue weighted by molar-refractivity contribution is -0.509. The van der Waals surface area contributed by atoms with Gasteiger partial charge >= 0.3 is 6.28 Å². The third-order valence-corrected chi connectivity index (χ3v) is 7.29. The van der Waals surface area contributed by atoms with Crippen LogP contribution in [0.15, 0.2) is 115 Å². The van der Waals surface area contributed by atoms with Gasteiger partial charge in [0.15, 0.2) is 11.2 Å². The monoisotopic (exact) mass is 423 g/mol. The molecule has 0 saturated carbocycles. The lowest BCUT2D eigenvalue weighted by Crippen LogP contribution is -2.78. The smallest absolute Gasteiger partial charge is 0.361 e. The van der Waals surface area contributed by atoms with Crippen LogP contribution in [-0.2, 0) is 0 Å². The van der Waals surface area contributed by atoms with Crippen molar-refractivity contribution < 1.29 is 4.48 Å². The summed E-state index contributed by atoms with van der Waals surface area (Å²) in [6.45, 7) is 4.41. The quantitative estimate of drug-likeness (QED) is 0.340. The summed E-state index contributed by atoms with van der Waals surface area (Å²) in [7, 11) is 0. The van der Waals surface area contributed by atoms with Gasteiger partial charge in [0, 0.05) is 17.5 Å². The minimum Gasteiger partial charge on any atom is -0.402 e. The van der Waals surface area contributed by atoms with Gasteiger partial charge in [-0.3, -0.25) is 0 Å². The number of hydrogen-bond donors (Lipinski definition) is 0. The molecule has 1 aliphatic rings. The molecule has 0 N–H and O–H groups in total. The van der Waals surface area contributed by atoms with Gasteiger partial charge in [-0.25, -0.2) is 0 Å². The van der Waals surface area contributed by atoms with E-state index in [4.69, 9.17) is 0 Å². The van der Waals surface area contributed by atoms with E-state index in [0.29, 0.717) is 0 Å². The van der Waals surface area contributed by atoms with Gasteiger partial charge in [0.05, 0.1) is 0 Å². The summed E-state index contributed by atoms with van der Waals surface area (Å²) < 4.78 is 2.62. The third kappa shape index (κ3) is 2.91. The van der Waals surface area contributed by atoms with E-state index in [1.165, 1.54) is 49.7 Å². The highest BCUT2D eigenvalue weighted by Gasteiger charge is 2.49. The SMILES string of the molecule is Cc1ccc2c(c1)c(C)cc1[n+]2[B-](c2ccccc2)(c2ccccc2)C(c2ccccc2)=C1. The molecule has 1 aromatic heterocycles. The summed E-state index contributed by atoms with van der Waals surface area (Å²) in [6.07, 6.45) is 0.988. The highest BCUT2D eigenvalue weighted by Crippen LogP contribution is 2.34. The molecule has 0 atom stereocenters. The zero-order valence-electron chi connectivity index (χ0n) is 19.1. The van der Waals surface area contributed by atoms with Crippen LogP contribution in [0.25, 0.3) is 22.5 Å². The van der Waals surface area contributed by atoms with Crippen molar-refractivity contribution in [1.29, 1.82) is 0 Å². The summed E-state index contributed by atoms with van der Waals surface area (Å²) in [5, 5.41) is 1.32. The Morgan fingerprint density at radius 1 is 0.606 bits per heavy atom. The lowest BCUT2D eigenvalue weighted by Gasteiger charge is -2.36. The molecule has 0 amide bonds. The maximum Gasteiger partial charge on any atom is 0.361 e. The first-order valence-electron chi connectivity index (χ1n) is 11.7. The fourth-order valence-corrected chi connectivity index (χ4v) is 5.91. The van der Waals surface area contributed by atoms with E-state index >= 15 is 0 Å². The molecule has 0 bridgehead atoms. The largest absolute Gasteiger partial charge is 0.402 e. The highest BCUT2D eigenvalue weighted by molar-refractivity contribution is 7.10. The second-order valence-electron chi connectivity index (χ2n) is 9.25. The van der Waals surface area contributed by atoms with Crippen molar-refractivity contribution in [2.24, 2.45) is 0 Å². The van der Waals surface area contributed by atoms with E-state index in [1.54, 1.807) is 0 Å². The molecule has 1 aliphatic heterocycles. The van der Waals surface area contributed by atoms with Gasteiger partial charge in [0.1, 0.15) is 0 Å². The molecule has 0 aliphatic carbocycles. The molecule has 158 valence electrons. The van der Waals surface area contributed by atoms with Gasteiger partial charge < -0.3 is 4.48 Å². The Hall–Kier alpha value is -3.91. The summed E-state index contributed by atoms with van der Waals surface area (Å²) >= 11 is 0. The van der Waals surface area contributed by atoms with Crippen LogP contribution < -0.4 is 15.4 Å². The molecule has 2 heteroatoms. The second-order valence-corrected chi connectivity index (χ2v) is 9.25. The first-order chi connectivity index (χ1) is 16.2. The zero-order chi connectivity index (χ0) is 22.4. The van der Waals surface area contributed by atoms with Crippen molar-refractivity contribution in [3.05, 3.63) is 138 Å². The Bertz CT molecular complexity index is 1460. The van der Waals surface area contributed by atoms with E-state index in [1.807, 2.05) is 0 Å². The zero-order valence-corrected chi connectivity index (χ0v) is 19.1. The molecular formula is C31H26BN. The Morgan fingerprint density at radius 3 is 1.79 bits per heavy atom. The number of benzene rings is 4. The topological polar surface area (TPSA) is 3.88 Å². The fourth-order valence-electron chi connectivity index (χ4n) is 5.91. The molecule has 6 rings (SSSR count). The van der Waals surface area contributed by atoms with Crippen LogP contribution in [-0.4, -0.2) is 6.28 Å². The molecular weight excluding hydrogens is 397 g/mol. The number of aromatic nitrogens is 1. The van der Waals surface area contributed by atoms with Gasteiger partial charge in [0.2, 0.25) is 0 Å². The molecule has 0 saturated heterocycles. The highest BCUT2D eigenvalue weighted by atomic mass is 15.0. The van der Waals surface area contributed by atoms with Gasteiger partial charge in [-0.2, -0.15) is 0 Å². The minimum absolute atomic E-state index is 1.26. The molecule has 5 aromatic rings. The number of aryl methyl sites for hydroxylation is 2. The first kappa shape index (κ1) is 19.8. The average Bonchev–Trinajstić information content (AvgIpc) is 3.21. The Labute approximate surface area is 195 Å². The molecule has 0 radical (unpaired) electrons. The summed E-state index contributed by atoms with van der Waals surface area (Å²) in [5.41, 5.74) is 10.4. The Kier molecular flexibility index (Phi) is 4.55. The minimum atomic E-state index is -1.43. The van der Waals surface area contributed by atoms with E-state index in [-0.39, 0.29) is 0 Å². The van der Waals surface area contributed by atoms with Crippen LogP contribution in [0.2, 0.25) is 0 Å². The molecule has 1 nitrogen and oxygen atoms in total. The Morgan fingerprint density at radius 2 is 1.18 bits per heavy atom. The summed E-state index contributed by atoms with van der Waals surface area (Å²) in [6, 6.07) is 42.2. The second kappa shape index (κ2) is 7.60. The standard InChI is InChI=1S/C31H26BN/c1-23-18-19-31-29(20-23)24(2)21-28-22-30(25-12-6-3-7-13-25)32(33(28)31,26-14-8-4-9-15-26)27-16-10-5-11-17-27/h3-22H,1-2H3. The lowest BCUT2D eigenvalue weighted by atomic mass is 9.23. The predicted molar refractivity (Wildman–Crippen MR) is 141 cm³/mol. The van der Waals surface area contributed by atoms with Gasteiger partial charge in [-0.05, 0) is 31.6 Å². The maximum atomic E-state index is 2.62. The number of nitrogens with zero attached hydrogens (tertiary/aromatic N) is 1. The van der Waals surface area contributed by atoms with Crippen molar-refractivity contribution in [3.63, 3.8) is 0 Å². The van der Waals surface area contributed by atoms with E-state index < -0.39 is 6.28 Å². The number of rotatable bonds is 3. The van der Waals surface area contributed by atoms with E-state index in [9.17, 15) is 0 Å². The summed E-state index contributed by atoms with van der Waals surface area (Å²) in [4.78, 5) is 0. The van der Waals surface area contributed by atoms with E-state index in [0.717, 1.165) is 0 Å². The molecule has 0 fully saturated rings. The Balaban J connectivity index is 1.83. The van der Waals surface area contributed by atoms with Crippen LogP contribution in [0.3, 0.4) is 0 Å². The maximum absolute atomic E-state index is 2.62. The number of pyridine rings is 1. The normalized spacial score (nSPS) is 14.2. The molecule has 33 heavy (non-hydrogen) atoms. The number of fused-ring (bicyclic) bond motifs is 3. The number of hydrogen-bond acceptors (Lipinski definition) is 0. The van der Waals surface area contributed by atoms with Crippen LogP contribution >= 0.6 is 0 Å². The van der Waals surface area contributed by atoms with Crippen LogP contribution in [0.5, 0.6) is 0 Å². The van der Waals surface area contributed by atoms with Gasteiger partial charge in [-0.15, -0.1) is 16.4 Å². The first-order valence-corrected chi connectivity index (χ1v) is 11.7. The van der Waals surface area contributed by atoms with Gasteiger partial charge in [0.25, 0.3) is 0 Å². The van der Waals surface area contributed by atoms with Crippen molar-refractivity contribution in [3.8, 4) is 0 Å². The predicted octanol–water partition coefficient (Wildman–Crippen LogP) is 5.45. The van der Waals surface area contributed by atoms with Crippen molar-refractivity contribution >= 4 is 39.7 Å². The van der Waals surface area contributed by atoms with Crippen LogP contribution in [0.1, 0.15) is 22.4 Å². The van der Waals surface area contributed by atoms with Crippen LogP contribution in [0, 0.1) is 13.8 Å². The van der Waals surface area contributed by atoms with Gasteiger partial charge in [-0.1, -0.05) is 108 Å². The molecule has 4 aromatic carbocycles. The van der Waals surface area contributed by atoms with Crippen molar-refractivity contribution in [1.82, 2.24) is 0 Å². The molecule has 0 unspecified atom stereocenters. The van der Waals surface area contributed by atoms with Crippen molar-refractivity contribution in [2.45, 2.75) is 13.8 Å². The molecule has 0 spiro atoms. The summed E-state index contributed by atoms with van der Waals surface area (Å²) in [5.74, 6) is 0. The van der Waals surface area contributed by atoms with E-state index in [2.05, 4.69) is 140 Å². The van der Waals surface area contributed by atoms with Crippen molar-refractivity contribution in [2.75, 3.05) is 0 Å². The molecule has 2 heterocycles. The van der Waals surface area contributed by atoms with Crippen LogP contribution in [0.4, 0.5) is 0 Å². The average molecular weight is 423 g/mol. The fraction of sp³-hybridized carbons (Fsp3) is 0.0645. The third-order valence-electron chi connectivity index (χ3n) is 7.29.